The molecule has 0 amide bonds. The Morgan fingerprint density at radius 3 is 2.22 bits per heavy atom. The Labute approximate surface area is 109 Å². The molecule has 0 heterocycles. The number of rotatable bonds is 5. The van der Waals surface area contributed by atoms with Gasteiger partial charge in [-0.3, -0.25) is 0 Å². The molecule has 1 rings (SSSR count). The maximum atomic E-state index is 13.1. The van der Waals surface area contributed by atoms with Crippen molar-refractivity contribution in [2.24, 2.45) is 0 Å². The first kappa shape index (κ1) is 16.8. The topological polar surface area (TPSA) is 38.0 Å². The van der Waals surface area contributed by atoms with Crippen LogP contribution < -0.4 is 11.1 Å². The van der Waals surface area contributed by atoms with Crippen LogP contribution in [0, 0.1) is 11.6 Å². The van der Waals surface area contributed by atoms with Crippen LogP contribution in [0.25, 0.3) is 0 Å². The lowest BCUT2D eigenvalue weighted by molar-refractivity contribution is 0.482. The van der Waals surface area contributed by atoms with Gasteiger partial charge in [-0.05, 0) is 24.5 Å². The average molecular weight is 258 g/mol. The fourth-order valence-corrected chi connectivity index (χ4v) is 1.62. The maximum Gasteiger partial charge on any atom is 0.149 e. The molecule has 4 heteroatoms. The van der Waals surface area contributed by atoms with Crippen LogP contribution in [0.3, 0.4) is 0 Å². The number of nitrogens with two attached hydrogens (primary N) is 1. The number of benzene rings is 1. The molecular formula is C14H24F2N2. The highest BCUT2D eigenvalue weighted by molar-refractivity contribution is 5.48. The fourth-order valence-electron chi connectivity index (χ4n) is 1.62. The third-order valence-corrected chi connectivity index (χ3v) is 2.75. The van der Waals surface area contributed by atoms with Gasteiger partial charge < -0.3 is 11.1 Å². The summed E-state index contributed by atoms with van der Waals surface area (Å²) in [5.41, 5.74) is 6.04. The summed E-state index contributed by atoms with van der Waals surface area (Å²) in [7, 11) is 0. The van der Waals surface area contributed by atoms with Crippen molar-refractivity contribution in [2.75, 3.05) is 5.73 Å². The van der Waals surface area contributed by atoms with Crippen LogP contribution in [0.1, 0.15) is 46.1 Å². The Balaban J connectivity index is 0.00000137. The van der Waals surface area contributed by atoms with Crippen LogP contribution >= 0.6 is 0 Å². The van der Waals surface area contributed by atoms with Gasteiger partial charge in [0, 0.05) is 18.7 Å². The summed E-state index contributed by atoms with van der Waals surface area (Å²) in [5, 5.41) is 3.22. The minimum Gasteiger partial charge on any atom is -0.396 e. The molecule has 1 aromatic carbocycles. The second-order valence-electron chi connectivity index (χ2n) is 3.85. The van der Waals surface area contributed by atoms with Crippen molar-refractivity contribution < 1.29 is 8.78 Å². The van der Waals surface area contributed by atoms with Crippen molar-refractivity contribution in [1.29, 1.82) is 0 Å². The van der Waals surface area contributed by atoms with Gasteiger partial charge in [-0.25, -0.2) is 8.78 Å². The summed E-state index contributed by atoms with van der Waals surface area (Å²) < 4.78 is 26.1. The highest BCUT2D eigenvalue weighted by Gasteiger charge is 2.09. The largest absolute Gasteiger partial charge is 0.396 e. The summed E-state index contributed by atoms with van der Waals surface area (Å²) in [6.45, 7) is 8.53. The first-order valence-corrected chi connectivity index (χ1v) is 6.55. The molecule has 2 nitrogen and oxygen atoms in total. The van der Waals surface area contributed by atoms with E-state index in [0.29, 0.717) is 18.2 Å². The zero-order valence-electron chi connectivity index (χ0n) is 11.7. The summed E-state index contributed by atoms with van der Waals surface area (Å²) in [6, 6.07) is 2.43. The van der Waals surface area contributed by atoms with Crippen molar-refractivity contribution in [3.8, 4) is 0 Å². The lowest BCUT2D eigenvalue weighted by Gasteiger charge is -2.15. The molecule has 0 bridgehead atoms. The molecule has 0 fully saturated rings. The molecule has 0 aliphatic heterocycles. The molecule has 0 aliphatic rings. The molecule has 0 atom stereocenters. The molecule has 0 aliphatic carbocycles. The molecule has 0 aromatic heterocycles. The third-order valence-electron chi connectivity index (χ3n) is 2.75. The highest BCUT2D eigenvalue weighted by atomic mass is 19.1. The smallest absolute Gasteiger partial charge is 0.149 e. The van der Waals surface area contributed by atoms with Gasteiger partial charge in [-0.2, -0.15) is 0 Å². The lowest BCUT2D eigenvalue weighted by atomic mass is 10.1. The Hall–Kier alpha value is -1.16. The standard InChI is InChI=1S/C12H18F2N2.C2H6/c1-3-10(4-2)16-7-8-5-9(13)6-11(14)12(8)15;1-2/h5-6,10,16H,3-4,7,15H2,1-2H3;1-2H3. The Morgan fingerprint density at radius 1 is 1.17 bits per heavy atom. The van der Waals surface area contributed by atoms with Gasteiger partial charge in [0.15, 0.2) is 0 Å². The van der Waals surface area contributed by atoms with Crippen LogP contribution in [0.4, 0.5) is 14.5 Å². The average Bonchev–Trinajstić information content (AvgIpc) is 2.38. The van der Waals surface area contributed by atoms with E-state index in [9.17, 15) is 8.78 Å². The molecule has 0 saturated heterocycles. The minimum absolute atomic E-state index is 0.0276. The monoisotopic (exact) mass is 258 g/mol. The molecule has 1 aromatic rings. The molecule has 0 spiro atoms. The fraction of sp³-hybridized carbons (Fsp3) is 0.571. The van der Waals surface area contributed by atoms with Gasteiger partial charge in [0.2, 0.25) is 0 Å². The molecule has 104 valence electrons. The number of halogens is 2. The van der Waals surface area contributed by atoms with E-state index in [0.717, 1.165) is 18.9 Å². The Morgan fingerprint density at radius 2 is 1.72 bits per heavy atom. The maximum absolute atomic E-state index is 13.1. The summed E-state index contributed by atoms with van der Waals surface area (Å²) in [6.07, 6.45) is 1.96. The van der Waals surface area contributed by atoms with Gasteiger partial charge >= 0.3 is 0 Å². The number of nitrogen functional groups attached to an aromatic ring is 1. The minimum atomic E-state index is -0.693. The van der Waals surface area contributed by atoms with Crippen molar-refractivity contribution in [3.05, 3.63) is 29.3 Å². The number of hydrogen-bond acceptors (Lipinski definition) is 2. The molecule has 0 radical (unpaired) electrons. The summed E-state index contributed by atoms with van der Waals surface area (Å²) in [5.74, 6) is -1.28. The van der Waals surface area contributed by atoms with E-state index >= 15 is 0 Å². The quantitative estimate of drug-likeness (QED) is 0.787. The van der Waals surface area contributed by atoms with E-state index in [1.165, 1.54) is 6.07 Å². The van der Waals surface area contributed by atoms with E-state index in [1.807, 2.05) is 13.8 Å². The van der Waals surface area contributed by atoms with Crippen LogP contribution in [-0.2, 0) is 6.54 Å². The first-order valence-electron chi connectivity index (χ1n) is 6.55. The summed E-state index contributed by atoms with van der Waals surface area (Å²) >= 11 is 0. The molecular weight excluding hydrogens is 234 g/mol. The van der Waals surface area contributed by atoms with Gasteiger partial charge in [-0.1, -0.05) is 27.7 Å². The van der Waals surface area contributed by atoms with E-state index in [4.69, 9.17) is 5.73 Å². The van der Waals surface area contributed by atoms with Crippen LogP contribution in [-0.4, -0.2) is 6.04 Å². The second kappa shape index (κ2) is 8.86. The molecule has 0 saturated carbocycles. The highest BCUT2D eigenvalue weighted by Crippen LogP contribution is 2.18. The van der Waals surface area contributed by atoms with Crippen LogP contribution in [0.15, 0.2) is 12.1 Å². The van der Waals surface area contributed by atoms with Crippen molar-refractivity contribution in [1.82, 2.24) is 5.32 Å². The van der Waals surface area contributed by atoms with Crippen molar-refractivity contribution in [2.45, 2.75) is 53.1 Å². The molecule has 0 unspecified atom stereocenters. The lowest BCUT2D eigenvalue weighted by Crippen LogP contribution is -2.27. The van der Waals surface area contributed by atoms with Gasteiger partial charge in [0.05, 0.1) is 5.69 Å². The van der Waals surface area contributed by atoms with Gasteiger partial charge in [-0.15, -0.1) is 0 Å². The SMILES string of the molecule is CC.CCC(CC)NCc1cc(F)cc(F)c1N. The van der Waals surface area contributed by atoms with Crippen molar-refractivity contribution in [3.63, 3.8) is 0 Å². The predicted octanol–water partition coefficient (Wildman–Crippen LogP) is 3.85. The van der Waals surface area contributed by atoms with E-state index < -0.39 is 11.6 Å². The zero-order valence-corrected chi connectivity index (χ0v) is 11.7. The van der Waals surface area contributed by atoms with Crippen LogP contribution in [0.2, 0.25) is 0 Å². The second-order valence-corrected chi connectivity index (χ2v) is 3.85. The van der Waals surface area contributed by atoms with Crippen LogP contribution in [0.5, 0.6) is 0 Å². The predicted molar refractivity (Wildman–Crippen MR) is 73.3 cm³/mol. The zero-order chi connectivity index (χ0) is 14.1. The number of nitrogens with one attached hydrogen (secondary N) is 1. The first-order chi connectivity index (χ1) is 8.58. The van der Waals surface area contributed by atoms with Gasteiger partial charge in [0.25, 0.3) is 0 Å². The Kier molecular flexibility index (Phi) is 8.29. The van der Waals surface area contributed by atoms with E-state index in [1.54, 1.807) is 0 Å². The number of hydrogen-bond donors (Lipinski definition) is 2. The third kappa shape index (κ3) is 5.00. The molecule has 3 N–H and O–H groups in total. The molecule has 18 heavy (non-hydrogen) atoms. The normalized spacial score (nSPS) is 10.2. The Bertz CT molecular complexity index is 350. The number of anilines is 1. The van der Waals surface area contributed by atoms with E-state index in [2.05, 4.69) is 19.2 Å². The van der Waals surface area contributed by atoms with E-state index in [-0.39, 0.29) is 5.69 Å². The van der Waals surface area contributed by atoms with Crippen molar-refractivity contribution >= 4 is 5.69 Å². The van der Waals surface area contributed by atoms with Gasteiger partial charge in [0.1, 0.15) is 11.6 Å². The summed E-state index contributed by atoms with van der Waals surface area (Å²) in [4.78, 5) is 0.